The molecule has 0 spiro atoms. The highest BCUT2D eigenvalue weighted by atomic mass is 19.4. The summed E-state index contributed by atoms with van der Waals surface area (Å²) < 4.78 is 71.6. The Balaban J connectivity index is 2.20. The lowest BCUT2D eigenvalue weighted by Crippen LogP contribution is -2.59. The highest BCUT2D eigenvalue weighted by Gasteiger charge is 2.69. The maximum Gasteiger partial charge on any atom is 0.455 e. The monoisotopic (exact) mass is 479 g/mol. The molecule has 4 nitrogen and oxygen atoms in total. The third-order valence-corrected chi connectivity index (χ3v) is 6.12. The van der Waals surface area contributed by atoms with Crippen LogP contribution in [0.3, 0.4) is 0 Å². The quantitative estimate of drug-likeness (QED) is 0.459. The van der Waals surface area contributed by atoms with E-state index in [1.54, 1.807) is 44.2 Å². The second-order valence-corrected chi connectivity index (χ2v) is 9.11. The predicted octanol–water partition coefficient (Wildman–Crippen LogP) is 5.85. The Labute approximate surface area is 195 Å². The smallest absolute Gasteiger partial charge is 0.368 e. The second kappa shape index (κ2) is 9.34. The first-order chi connectivity index (χ1) is 15.8. The molecule has 0 unspecified atom stereocenters. The van der Waals surface area contributed by atoms with Crippen LogP contribution in [0.1, 0.15) is 44.7 Å². The number of halogens is 5. The third-order valence-electron chi connectivity index (χ3n) is 6.12. The number of nitrogens with zero attached hydrogens (tertiary/aromatic N) is 2. The zero-order valence-corrected chi connectivity index (χ0v) is 18.8. The molecule has 0 aliphatic heterocycles. The van der Waals surface area contributed by atoms with Gasteiger partial charge in [0.1, 0.15) is 11.6 Å². The summed E-state index contributed by atoms with van der Waals surface area (Å²) in [5.74, 6) is -6.53. The molecule has 182 valence electrons. The summed E-state index contributed by atoms with van der Waals surface area (Å²) in [4.78, 5) is 13.1. The van der Waals surface area contributed by atoms with Crippen molar-refractivity contribution in [2.45, 2.75) is 62.8 Å². The first kappa shape index (κ1) is 25.6. The molecule has 1 fully saturated rings. The summed E-state index contributed by atoms with van der Waals surface area (Å²) in [6.45, 7) is 3.40. The van der Waals surface area contributed by atoms with Crippen molar-refractivity contribution in [3.05, 3.63) is 60.2 Å². The molecule has 0 bridgehead atoms. The van der Waals surface area contributed by atoms with Crippen molar-refractivity contribution in [1.29, 1.82) is 5.26 Å². The minimum Gasteiger partial charge on any atom is -0.368 e. The molecule has 2 atom stereocenters. The Bertz CT molecular complexity index is 1040. The fourth-order valence-corrected chi connectivity index (χ4v) is 4.27. The molecule has 0 saturated heterocycles. The van der Waals surface area contributed by atoms with Crippen molar-refractivity contribution in [3.63, 3.8) is 0 Å². The van der Waals surface area contributed by atoms with Gasteiger partial charge in [-0.1, -0.05) is 68.4 Å². The van der Waals surface area contributed by atoms with Gasteiger partial charge in [0, 0.05) is 0 Å². The number of primary amides is 1. The highest BCUT2D eigenvalue weighted by molar-refractivity contribution is 5.80. The molecule has 2 aromatic rings. The van der Waals surface area contributed by atoms with Gasteiger partial charge < -0.3 is 5.73 Å². The average molecular weight is 479 g/mol. The van der Waals surface area contributed by atoms with Crippen molar-refractivity contribution in [2.24, 2.45) is 11.7 Å². The van der Waals surface area contributed by atoms with Crippen LogP contribution in [0.25, 0.3) is 11.1 Å². The number of rotatable bonds is 9. The van der Waals surface area contributed by atoms with Crippen LogP contribution in [0.15, 0.2) is 54.6 Å². The van der Waals surface area contributed by atoms with Gasteiger partial charge in [-0.15, -0.1) is 0 Å². The van der Waals surface area contributed by atoms with Crippen molar-refractivity contribution in [3.8, 4) is 17.2 Å². The average Bonchev–Trinajstić information content (AvgIpc) is 3.56. The van der Waals surface area contributed by atoms with Gasteiger partial charge in [0.05, 0.1) is 12.1 Å². The lowest BCUT2D eigenvalue weighted by atomic mass is 9.90. The topological polar surface area (TPSA) is 70.1 Å². The van der Waals surface area contributed by atoms with E-state index in [4.69, 9.17) is 5.73 Å². The van der Waals surface area contributed by atoms with Crippen LogP contribution in [-0.4, -0.2) is 34.5 Å². The zero-order chi connectivity index (χ0) is 25.3. The number of nitrogens with two attached hydrogens (primary N) is 1. The molecule has 3 rings (SSSR count). The fourth-order valence-electron chi connectivity index (χ4n) is 4.27. The van der Waals surface area contributed by atoms with Gasteiger partial charge in [0.15, 0.2) is 0 Å². The van der Waals surface area contributed by atoms with E-state index in [2.05, 4.69) is 0 Å². The normalized spacial score (nSPS) is 17.3. The van der Waals surface area contributed by atoms with Crippen LogP contribution in [-0.2, 0) is 4.79 Å². The number of carbonyl (C=O) groups is 1. The summed E-state index contributed by atoms with van der Waals surface area (Å²) >= 11 is 0. The zero-order valence-electron chi connectivity index (χ0n) is 18.8. The summed E-state index contributed by atoms with van der Waals surface area (Å²) in [5, 5.41) is 9.78. The van der Waals surface area contributed by atoms with Crippen molar-refractivity contribution in [2.75, 3.05) is 0 Å². The summed E-state index contributed by atoms with van der Waals surface area (Å²) in [5.41, 5.74) is 4.92. The Morgan fingerprint density at radius 3 is 1.97 bits per heavy atom. The number of hydrogen-bond acceptors (Lipinski definition) is 3. The van der Waals surface area contributed by atoms with E-state index in [9.17, 15) is 23.2 Å². The fraction of sp³-hybridized carbons (Fsp3) is 0.440. The molecule has 9 heteroatoms. The maximum absolute atomic E-state index is 15.2. The lowest BCUT2D eigenvalue weighted by Gasteiger charge is -2.44. The van der Waals surface area contributed by atoms with Gasteiger partial charge in [0.2, 0.25) is 5.91 Å². The lowest BCUT2D eigenvalue weighted by molar-refractivity contribution is -0.309. The Kier molecular flexibility index (Phi) is 7.04. The van der Waals surface area contributed by atoms with E-state index in [1.807, 2.05) is 6.07 Å². The van der Waals surface area contributed by atoms with E-state index in [-0.39, 0.29) is 30.7 Å². The molecule has 1 amide bonds. The van der Waals surface area contributed by atoms with Crippen molar-refractivity contribution in [1.82, 2.24) is 4.90 Å². The summed E-state index contributed by atoms with van der Waals surface area (Å²) in [7, 11) is 0. The Hall–Kier alpha value is -2.99. The van der Waals surface area contributed by atoms with Gasteiger partial charge >= 0.3 is 12.1 Å². The van der Waals surface area contributed by atoms with Gasteiger partial charge in [-0.05, 0) is 41.9 Å². The summed E-state index contributed by atoms with van der Waals surface area (Å²) in [6.07, 6.45) is -5.85. The molecule has 0 heterocycles. The van der Waals surface area contributed by atoms with E-state index in [0.29, 0.717) is 5.56 Å². The molecule has 0 aromatic heterocycles. The highest BCUT2D eigenvalue weighted by Crippen LogP contribution is 2.55. The van der Waals surface area contributed by atoms with Gasteiger partial charge in [0.25, 0.3) is 0 Å². The third kappa shape index (κ3) is 4.92. The van der Waals surface area contributed by atoms with Crippen LogP contribution in [0.5, 0.6) is 0 Å². The van der Waals surface area contributed by atoms with E-state index >= 15 is 8.78 Å². The minimum absolute atomic E-state index is 0.0642. The molecule has 1 aliphatic rings. The SMILES string of the molecule is CC(C)C[C@@H](C(N)=O)N([C@@H](c1ccc(-c2ccccc2)cc1)C(F)(F)C(F)(F)F)C1(C#N)CC1. The maximum atomic E-state index is 15.2. The Morgan fingerprint density at radius 2 is 1.56 bits per heavy atom. The number of hydrogen-bond donors (Lipinski definition) is 1. The van der Waals surface area contributed by atoms with Crippen LogP contribution in [0.4, 0.5) is 22.0 Å². The van der Waals surface area contributed by atoms with Crippen molar-refractivity contribution < 1.29 is 26.7 Å². The predicted molar refractivity (Wildman–Crippen MR) is 117 cm³/mol. The minimum atomic E-state index is -5.92. The van der Waals surface area contributed by atoms with E-state index in [0.717, 1.165) is 10.5 Å². The largest absolute Gasteiger partial charge is 0.455 e. The second-order valence-electron chi connectivity index (χ2n) is 9.11. The van der Waals surface area contributed by atoms with E-state index in [1.165, 1.54) is 24.3 Å². The molecular formula is C25H26F5N3O. The Morgan fingerprint density at radius 1 is 1.03 bits per heavy atom. The molecule has 34 heavy (non-hydrogen) atoms. The van der Waals surface area contributed by atoms with Crippen LogP contribution >= 0.6 is 0 Å². The van der Waals surface area contributed by atoms with Gasteiger partial charge in [-0.3, -0.25) is 9.69 Å². The number of benzene rings is 2. The molecule has 1 aliphatic carbocycles. The van der Waals surface area contributed by atoms with Gasteiger partial charge in [-0.2, -0.15) is 27.2 Å². The number of alkyl halides is 5. The molecule has 2 N–H and O–H groups in total. The van der Waals surface area contributed by atoms with Crippen molar-refractivity contribution >= 4 is 5.91 Å². The van der Waals surface area contributed by atoms with Crippen LogP contribution < -0.4 is 5.73 Å². The van der Waals surface area contributed by atoms with Crippen LogP contribution in [0, 0.1) is 17.2 Å². The number of nitriles is 1. The molecule has 0 radical (unpaired) electrons. The summed E-state index contributed by atoms with van der Waals surface area (Å²) in [6, 6.07) is 12.0. The first-order valence-corrected chi connectivity index (χ1v) is 10.9. The van der Waals surface area contributed by atoms with E-state index < -0.39 is 35.6 Å². The molecular weight excluding hydrogens is 453 g/mol. The number of amides is 1. The van der Waals surface area contributed by atoms with Gasteiger partial charge in [-0.25, -0.2) is 0 Å². The molecule has 2 aromatic carbocycles. The number of carbonyl (C=O) groups excluding carboxylic acids is 1. The standard InChI is InChI=1S/C25H26F5N3O/c1-16(2)14-20(22(32)34)33(23(15-31)12-13-23)21(24(26,27)25(28,29)30)19-10-8-18(9-11-19)17-6-4-3-5-7-17/h3-11,16,20-21H,12-14H2,1-2H3,(H2,32,34)/t20-,21-/m0/s1. The van der Waals surface area contributed by atoms with Crippen LogP contribution in [0.2, 0.25) is 0 Å². The first-order valence-electron chi connectivity index (χ1n) is 10.9. The molecule has 1 saturated carbocycles.